The van der Waals surface area contributed by atoms with Crippen LogP contribution in [0.5, 0.6) is 0 Å². The van der Waals surface area contributed by atoms with E-state index in [1.54, 1.807) is 16.8 Å². The second-order valence-corrected chi connectivity index (χ2v) is 5.90. The van der Waals surface area contributed by atoms with Crippen LogP contribution in [-0.4, -0.2) is 52.6 Å². The van der Waals surface area contributed by atoms with Gasteiger partial charge in [0.15, 0.2) is 0 Å². The summed E-state index contributed by atoms with van der Waals surface area (Å²) in [7, 11) is 1.77. The maximum atomic E-state index is 12.6. The van der Waals surface area contributed by atoms with Crippen molar-refractivity contribution in [2.75, 3.05) is 20.1 Å². The van der Waals surface area contributed by atoms with Crippen LogP contribution in [0.1, 0.15) is 44.9 Å². The standard InChI is InChI=1S/C15H24N2O3/c1-16(14(20)17-10-6-3-7-11-17)15(12-13(18)19)8-4-2-5-9-15/h3,6H,2,4-5,7-12H2,1H3,(H,18,19). The van der Waals surface area contributed by atoms with Gasteiger partial charge in [0.05, 0.1) is 12.0 Å². The minimum Gasteiger partial charge on any atom is -0.481 e. The van der Waals surface area contributed by atoms with E-state index in [4.69, 9.17) is 0 Å². The van der Waals surface area contributed by atoms with Gasteiger partial charge in [-0.25, -0.2) is 4.79 Å². The summed E-state index contributed by atoms with van der Waals surface area (Å²) >= 11 is 0. The Hall–Kier alpha value is -1.52. The van der Waals surface area contributed by atoms with Crippen molar-refractivity contribution < 1.29 is 14.7 Å². The third kappa shape index (κ3) is 3.14. The average molecular weight is 280 g/mol. The number of urea groups is 1. The molecule has 1 N–H and O–H groups in total. The second kappa shape index (κ2) is 6.29. The molecule has 1 aliphatic heterocycles. The molecule has 1 fully saturated rings. The Bertz CT molecular complexity index is 400. The third-order valence-electron chi connectivity index (χ3n) is 4.59. The Morgan fingerprint density at radius 1 is 1.25 bits per heavy atom. The Labute approximate surface area is 120 Å². The highest BCUT2D eigenvalue weighted by Crippen LogP contribution is 2.36. The van der Waals surface area contributed by atoms with E-state index in [1.807, 2.05) is 6.08 Å². The third-order valence-corrected chi connectivity index (χ3v) is 4.59. The van der Waals surface area contributed by atoms with Gasteiger partial charge in [-0.3, -0.25) is 4.79 Å². The van der Waals surface area contributed by atoms with Crippen LogP contribution >= 0.6 is 0 Å². The molecule has 0 saturated heterocycles. The number of carboxylic acid groups (broad SMARTS) is 1. The predicted octanol–water partition coefficient (Wildman–Crippen LogP) is 2.48. The Kier molecular flexibility index (Phi) is 4.68. The van der Waals surface area contributed by atoms with Gasteiger partial charge in [-0.1, -0.05) is 31.4 Å². The van der Waals surface area contributed by atoms with E-state index in [0.717, 1.165) is 45.1 Å². The van der Waals surface area contributed by atoms with Crippen LogP contribution in [0.25, 0.3) is 0 Å². The second-order valence-electron chi connectivity index (χ2n) is 5.90. The van der Waals surface area contributed by atoms with Crippen molar-refractivity contribution in [3.63, 3.8) is 0 Å². The van der Waals surface area contributed by atoms with Crippen LogP contribution in [0.2, 0.25) is 0 Å². The summed E-state index contributed by atoms with van der Waals surface area (Å²) in [5.41, 5.74) is -0.498. The minimum absolute atomic E-state index is 0.0301. The van der Waals surface area contributed by atoms with Gasteiger partial charge in [0.2, 0.25) is 0 Å². The predicted molar refractivity (Wildman–Crippen MR) is 76.6 cm³/mol. The van der Waals surface area contributed by atoms with E-state index in [2.05, 4.69) is 6.08 Å². The monoisotopic (exact) mass is 280 g/mol. The first kappa shape index (κ1) is 14.9. The lowest BCUT2D eigenvalue weighted by atomic mass is 9.78. The molecule has 0 radical (unpaired) electrons. The highest BCUT2D eigenvalue weighted by Gasteiger charge is 2.41. The quantitative estimate of drug-likeness (QED) is 0.808. The molecule has 1 aliphatic carbocycles. The van der Waals surface area contributed by atoms with Gasteiger partial charge < -0.3 is 14.9 Å². The Morgan fingerprint density at radius 3 is 2.50 bits per heavy atom. The number of rotatable bonds is 3. The van der Waals surface area contributed by atoms with Gasteiger partial charge in [-0.2, -0.15) is 0 Å². The minimum atomic E-state index is -0.815. The molecule has 1 heterocycles. The first-order valence-corrected chi connectivity index (χ1v) is 7.45. The molecule has 5 heteroatoms. The summed E-state index contributed by atoms with van der Waals surface area (Å²) in [6, 6.07) is -0.0301. The molecule has 0 bridgehead atoms. The molecular formula is C15H24N2O3. The van der Waals surface area contributed by atoms with E-state index < -0.39 is 11.5 Å². The van der Waals surface area contributed by atoms with Gasteiger partial charge in [0, 0.05) is 20.1 Å². The fourth-order valence-corrected chi connectivity index (χ4v) is 3.35. The van der Waals surface area contributed by atoms with Crippen molar-refractivity contribution >= 4 is 12.0 Å². The molecule has 20 heavy (non-hydrogen) atoms. The van der Waals surface area contributed by atoms with Crippen molar-refractivity contribution in [3.8, 4) is 0 Å². The summed E-state index contributed by atoms with van der Waals surface area (Å²) < 4.78 is 0. The van der Waals surface area contributed by atoms with E-state index in [-0.39, 0.29) is 12.5 Å². The van der Waals surface area contributed by atoms with Crippen molar-refractivity contribution in [2.45, 2.75) is 50.5 Å². The Morgan fingerprint density at radius 2 is 1.95 bits per heavy atom. The summed E-state index contributed by atoms with van der Waals surface area (Å²) in [5.74, 6) is -0.815. The molecule has 0 spiro atoms. The number of carboxylic acids is 1. The van der Waals surface area contributed by atoms with E-state index in [1.165, 1.54) is 0 Å². The van der Waals surface area contributed by atoms with Gasteiger partial charge in [-0.05, 0) is 19.3 Å². The molecule has 5 nitrogen and oxygen atoms in total. The zero-order valence-electron chi connectivity index (χ0n) is 12.2. The molecule has 0 unspecified atom stereocenters. The highest BCUT2D eigenvalue weighted by atomic mass is 16.4. The average Bonchev–Trinajstić information content (AvgIpc) is 2.47. The smallest absolute Gasteiger partial charge is 0.320 e. The SMILES string of the molecule is CN(C(=O)N1CC=CCC1)C1(CC(=O)O)CCCCC1. The molecule has 2 aliphatic rings. The molecule has 0 aromatic heterocycles. The summed E-state index contributed by atoms with van der Waals surface area (Å²) in [4.78, 5) is 27.3. The first-order valence-electron chi connectivity index (χ1n) is 7.45. The number of hydrogen-bond donors (Lipinski definition) is 1. The van der Waals surface area contributed by atoms with E-state index in [9.17, 15) is 14.7 Å². The van der Waals surface area contributed by atoms with Crippen LogP contribution in [0.15, 0.2) is 12.2 Å². The summed E-state index contributed by atoms with van der Waals surface area (Å²) in [5, 5.41) is 9.21. The zero-order chi connectivity index (χ0) is 14.6. The van der Waals surface area contributed by atoms with Crippen LogP contribution in [0, 0.1) is 0 Å². The van der Waals surface area contributed by atoms with Crippen molar-refractivity contribution in [2.24, 2.45) is 0 Å². The van der Waals surface area contributed by atoms with E-state index in [0.29, 0.717) is 6.54 Å². The van der Waals surface area contributed by atoms with Crippen LogP contribution < -0.4 is 0 Å². The number of carbonyl (C=O) groups is 2. The van der Waals surface area contributed by atoms with Gasteiger partial charge in [0.25, 0.3) is 0 Å². The maximum absolute atomic E-state index is 12.6. The van der Waals surface area contributed by atoms with Crippen molar-refractivity contribution in [1.82, 2.24) is 9.80 Å². The first-order chi connectivity index (χ1) is 9.55. The summed E-state index contributed by atoms with van der Waals surface area (Å²) in [6.07, 6.45) is 9.75. The number of amides is 2. The van der Waals surface area contributed by atoms with Gasteiger partial charge in [-0.15, -0.1) is 0 Å². The number of nitrogens with zero attached hydrogens (tertiary/aromatic N) is 2. The topological polar surface area (TPSA) is 60.9 Å². The fourth-order valence-electron chi connectivity index (χ4n) is 3.35. The van der Waals surface area contributed by atoms with Crippen molar-refractivity contribution in [1.29, 1.82) is 0 Å². The summed E-state index contributed by atoms with van der Waals surface area (Å²) in [6.45, 7) is 1.36. The van der Waals surface area contributed by atoms with Crippen LogP contribution in [0.3, 0.4) is 0 Å². The highest BCUT2D eigenvalue weighted by molar-refractivity contribution is 5.77. The number of hydrogen-bond acceptors (Lipinski definition) is 2. The van der Waals surface area contributed by atoms with Crippen LogP contribution in [-0.2, 0) is 4.79 Å². The normalized spacial score (nSPS) is 21.6. The van der Waals surface area contributed by atoms with Crippen LogP contribution in [0.4, 0.5) is 4.79 Å². The molecule has 2 amide bonds. The molecule has 1 saturated carbocycles. The lowest BCUT2D eigenvalue weighted by Crippen LogP contribution is -2.56. The number of aliphatic carboxylic acids is 1. The fraction of sp³-hybridized carbons (Fsp3) is 0.733. The Balaban J connectivity index is 2.12. The zero-order valence-corrected chi connectivity index (χ0v) is 12.2. The molecule has 0 atom stereocenters. The molecule has 2 rings (SSSR count). The molecular weight excluding hydrogens is 256 g/mol. The lowest BCUT2D eigenvalue weighted by Gasteiger charge is -2.45. The van der Waals surface area contributed by atoms with E-state index >= 15 is 0 Å². The molecule has 112 valence electrons. The molecule has 0 aromatic rings. The number of carbonyl (C=O) groups excluding carboxylic acids is 1. The van der Waals surface area contributed by atoms with Gasteiger partial charge >= 0.3 is 12.0 Å². The largest absolute Gasteiger partial charge is 0.481 e. The lowest BCUT2D eigenvalue weighted by molar-refractivity contribution is -0.140. The van der Waals surface area contributed by atoms with Crippen molar-refractivity contribution in [3.05, 3.63) is 12.2 Å². The van der Waals surface area contributed by atoms with Gasteiger partial charge in [0.1, 0.15) is 0 Å². The molecule has 0 aromatic carbocycles. The maximum Gasteiger partial charge on any atom is 0.320 e.